The molecule has 34 heavy (non-hydrogen) atoms. The first-order valence-corrected chi connectivity index (χ1v) is 10.2. The third-order valence-electron chi connectivity index (χ3n) is 5.17. The van der Waals surface area contributed by atoms with E-state index in [1.54, 1.807) is 0 Å². The van der Waals surface area contributed by atoms with Crippen LogP contribution in [0.15, 0.2) is 42.2 Å². The highest BCUT2D eigenvalue weighted by Crippen LogP contribution is 2.32. The Bertz CT molecular complexity index is 1380. The first-order chi connectivity index (χ1) is 16.2. The fourth-order valence-electron chi connectivity index (χ4n) is 3.44. The summed E-state index contributed by atoms with van der Waals surface area (Å²) in [7, 11) is 0. The lowest BCUT2D eigenvalue weighted by Crippen LogP contribution is -2.22. The third kappa shape index (κ3) is 4.14. The predicted octanol–water partition coefficient (Wildman–Crippen LogP) is 2.76. The van der Waals surface area contributed by atoms with E-state index in [9.17, 15) is 27.6 Å². The second kappa shape index (κ2) is 7.86. The maximum absolute atomic E-state index is 13.3. The van der Waals surface area contributed by atoms with Crippen LogP contribution in [0.2, 0.25) is 0 Å². The zero-order valence-electron chi connectivity index (χ0n) is 17.2. The minimum Gasteiger partial charge on any atom is -0.367 e. The Labute approximate surface area is 189 Å². The number of urea groups is 1. The normalized spacial score (nSPS) is 17.1. The molecule has 2 aromatic heterocycles. The molecule has 4 N–H and O–H groups in total. The summed E-state index contributed by atoms with van der Waals surface area (Å²) in [5.74, 6) is -1.17. The van der Waals surface area contributed by atoms with E-state index in [2.05, 4.69) is 31.3 Å². The van der Waals surface area contributed by atoms with Gasteiger partial charge in [0.1, 0.15) is 17.3 Å². The van der Waals surface area contributed by atoms with Crippen molar-refractivity contribution in [2.24, 2.45) is 0 Å². The quantitative estimate of drug-likeness (QED) is 0.335. The van der Waals surface area contributed by atoms with Crippen molar-refractivity contribution in [3.63, 3.8) is 0 Å². The van der Waals surface area contributed by atoms with Crippen LogP contribution in [0.1, 0.15) is 34.3 Å². The van der Waals surface area contributed by atoms with E-state index in [1.807, 2.05) is 0 Å². The van der Waals surface area contributed by atoms with E-state index in [-0.39, 0.29) is 23.2 Å². The van der Waals surface area contributed by atoms with Crippen LogP contribution in [0.3, 0.4) is 0 Å². The summed E-state index contributed by atoms with van der Waals surface area (Å²) in [6, 6.07) is 5.42. The molecule has 1 saturated carbocycles. The molecular weight excluding hydrogens is 455 g/mol. The van der Waals surface area contributed by atoms with Crippen molar-refractivity contribution in [2.75, 3.05) is 10.6 Å². The number of anilines is 2. The Kier molecular flexibility index (Phi) is 4.96. The van der Waals surface area contributed by atoms with E-state index in [0.717, 1.165) is 25.0 Å². The lowest BCUT2D eigenvalue weighted by atomic mass is 10.1. The van der Waals surface area contributed by atoms with Crippen molar-refractivity contribution in [1.82, 2.24) is 25.2 Å². The average Bonchev–Trinajstić information content (AvgIpc) is 3.41. The van der Waals surface area contributed by atoms with Gasteiger partial charge >= 0.3 is 12.2 Å². The van der Waals surface area contributed by atoms with Gasteiger partial charge in [-0.2, -0.15) is 22.8 Å². The second-order valence-electron chi connectivity index (χ2n) is 7.74. The molecule has 0 unspecified atom stereocenters. The fraction of sp³-hybridized carbons (Fsp3) is 0.190. The Morgan fingerprint density at radius 3 is 2.62 bits per heavy atom. The molecule has 2 fully saturated rings. The number of halogens is 3. The maximum atomic E-state index is 13.3. The first-order valence-electron chi connectivity index (χ1n) is 10.2. The number of benzene rings is 1. The van der Waals surface area contributed by atoms with Crippen molar-refractivity contribution in [1.29, 1.82) is 0 Å². The minimum absolute atomic E-state index is 0.0160. The van der Waals surface area contributed by atoms with Crippen LogP contribution in [-0.4, -0.2) is 38.5 Å². The molecule has 1 aliphatic carbocycles. The van der Waals surface area contributed by atoms with Gasteiger partial charge in [-0.25, -0.2) is 9.78 Å². The average molecular weight is 471 g/mol. The molecule has 0 radical (unpaired) electrons. The SMILES string of the molecule is O=C1NC(=O)/C(=C/c2cnn3c(NC4CC4)cc(NC(=O)c4ccccc4C(F)(F)F)nc23)N1. The molecule has 3 heterocycles. The smallest absolute Gasteiger partial charge is 0.367 e. The predicted molar refractivity (Wildman–Crippen MR) is 114 cm³/mol. The number of fused-ring (bicyclic) bond motifs is 1. The van der Waals surface area contributed by atoms with Crippen molar-refractivity contribution in [3.05, 3.63) is 58.9 Å². The van der Waals surface area contributed by atoms with Crippen LogP contribution in [0.5, 0.6) is 0 Å². The Morgan fingerprint density at radius 1 is 1.18 bits per heavy atom. The molecule has 0 bridgehead atoms. The number of alkyl halides is 3. The van der Waals surface area contributed by atoms with Gasteiger partial charge in [-0.05, 0) is 31.1 Å². The van der Waals surface area contributed by atoms with E-state index >= 15 is 0 Å². The molecule has 2 aliphatic rings. The largest absolute Gasteiger partial charge is 0.417 e. The topological polar surface area (TPSA) is 130 Å². The monoisotopic (exact) mass is 471 g/mol. The van der Waals surface area contributed by atoms with Crippen LogP contribution in [0.4, 0.5) is 29.6 Å². The highest BCUT2D eigenvalue weighted by atomic mass is 19.4. The van der Waals surface area contributed by atoms with Crippen LogP contribution >= 0.6 is 0 Å². The summed E-state index contributed by atoms with van der Waals surface area (Å²) in [6.45, 7) is 0. The maximum Gasteiger partial charge on any atom is 0.417 e. The summed E-state index contributed by atoms with van der Waals surface area (Å²) >= 11 is 0. The van der Waals surface area contributed by atoms with Gasteiger partial charge in [-0.1, -0.05) is 12.1 Å². The number of amides is 4. The van der Waals surface area contributed by atoms with Gasteiger partial charge in [0.05, 0.1) is 17.3 Å². The number of hydrogen-bond acceptors (Lipinski definition) is 6. The zero-order valence-corrected chi connectivity index (χ0v) is 17.2. The standard InChI is InChI=1S/C21H16F3N7O3/c22-21(23,24)13-4-2-1-3-12(13)18(32)29-15-8-16(26-11-5-6-11)31-17(28-15)10(9-25-31)7-14-19(33)30-20(34)27-14/h1-4,7-9,11,26H,5-6H2,(H,28,29,32)(H2,27,30,33,34)/b14-7-. The highest BCUT2D eigenvalue weighted by molar-refractivity contribution is 6.14. The molecule has 1 aliphatic heterocycles. The summed E-state index contributed by atoms with van der Waals surface area (Å²) in [6.07, 6.45) is -0.0818. The molecule has 174 valence electrons. The molecule has 4 amide bonds. The van der Waals surface area contributed by atoms with E-state index in [0.29, 0.717) is 11.4 Å². The molecule has 0 atom stereocenters. The number of nitrogens with zero attached hydrogens (tertiary/aromatic N) is 3. The van der Waals surface area contributed by atoms with Crippen LogP contribution in [0, 0.1) is 0 Å². The number of aromatic nitrogens is 3. The number of hydrogen-bond donors (Lipinski definition) is 4. The molecule has 10 nitrogen and oxygen atoms in total. The van der Waals surface area contributed by atoms with E-state index in [1.165, 1.54) is 35.0 Å². The van der Waals surface area contributed by atoms with Crippen molar-refractivity contribution in [3.8, 4) is 0 Å². The van der Waals surface area contributed by atoms with E-state index < -0.39 is 35.1 Å². The van der Waals surface area contributed by atoms with Crippen LogP contribution in [0.25, 0.3) is 11.7 Å². The first kappa shape index (κ1) is 21.4. The molecule has 1 aromatic carbocycles. The fourth-order valence-corrected chi connectivity index (χ4v) is 3.44. The van der Waals surface area contributed by atoms with Crippen LogP contribution < -0.4 is 21.3 Å². The van der Waals surface area contributed by atoms with Gasteiger partial charge < -0.3 is 16.0 Å². The van der Waals surface area contributed by atoms with Crippen molar-refractivity contribution < 1.29 is 27.6 Å². The third-order valence-corrected chi connectivity index (χ3v) is 5.17. The number of carbonyl (C=O) groups is 3. The second-order valence-corrected chi connectivity index (χ2v) is 7.74. The number of rotatable bonds is 5. The Hall–Kier alpha value is -4.42. The van der Waals surface area contributed by atoms with Gasteiger partial charge in [0.25, 0.3) is 11.8 Å². The summed E-state index contributed by atoms with van der Waals surface area (Å²) in [5, 5.41) is 14.3. The summed E-state index contributed by atoms with van der Waals surface area (Å²) in [5.41, 5.74) is -1.08. The molecule has 13 heteroatoms. The molecule has 0 spiro atoms. The molecular formula is C21H16F3N7O3. The van der Waals surface area contributed by atoms with E-state index in [4.69, 9.17) is 0 Å². The molecule has 1 saturated heterocycles. The highest BCUT2D eigenvalue weighted by Gasteiger charge is 2.35. The molecule has 3 aromatic rings. The Balaban J connectivity index is 1.54. The lowest BCUT2D eigenvalue weighted by Gasteiger charge is -2.14. The van der Waals surface area contributed by atoms with Gasteiger partial charge in [-0.3, -0.25) is 14.9 Å². The number of carbonyl (C=O) groups excluding carboxylic acids is 3. The lowest BCUT2D eigenvalue weighted by molar-refractivity contribution is -0.137. The van der Waals surface area contributed by atoms with Crippen molar-refractivity contribution in [2.45, 2.75) is 25.1 Å². The van der Waals surface area contributed by atoms with Crippen LogP contribution in [-0.2, 0) is 11.0 Å². The van der Waals surface area contributed by atoms with Gasteiger partial charge in [0, 0.05) is 17.7 Å². The summed E-state index contributed by atoms with van der Waals surface area (Å²) in [4.78, 5) is 40.3. The number of imide groups is 1. The Morgan fingerprint density at radius 2 is 1.94 bits per heavy atom. The zero-order chi connectivity index (χ0) is 24.0. The summed E-state index contributed by atoms with van der Waals surface area (Å²) < 4.78 is 41.5. The number of nitrogens with one attached hydrogen (secondary N) is 4. The van der Waals surface area contributed by atoms with Gasteiger partial charge in [-0.15, -0.1) is 0 Å². The van der Waals surface area contributed by atoms with Gasteiger partial charge in [0.2, 0.25) is 0 Å². The van der Waals surface area contributed by atoms with Crippen molar-refractivity contribution >= 4 is 41.2 Å². The minimum atomic E-state index is -4.71. The van der Waals surface area contributed by atoms with Gasteiger partial charge in [0.15, 0.2) is 5.65 Å². The molecule has 5 rings (SSSR count).